The summed E-state index contributed by atoms with van der Waals surface area (Å²) in [4.78, 5) is 28.4. The topological polar surface area (TPSA) is 88.3 Å². The molecule has 3 rings (SSSR count). The van der Waals surface area contributed by atoms with Crippen molar-refractivity contribution in [1.82, 2.24) is 29.8 Å². The molecule has 1 fully saturated rings. The Morgan fingerprint density at radius 1 is 1.16 bits per heavy atom. The zero-order chi connectivity index (χ0) is 17.3. The van der Waals surface area contributed by atoms with Gasteiger partial charge in [0.1, 0.15) is 12.6 Å². The minimum absolute atomic E-state index is 0. The standard InChI is InChI=1S/C15H21N7O2.ClH/c1-16-14(11-6-17-19(2)8-11)15(24)21-4-5-22(13(23)10-21)12-7-18-20(3)9-12;/h6-9,14,16H,4-5,10H2,1-3H3;1H. The number of rotatable bonds is 4. The number of carbonyl (C=O) groups excluding carboxylic acids is 2. The van der Waals surface area contributed by atoms with Gasteiger partial charge in [-0.1, -0.05) is 0 Å². The molecule has 1 atom stereocenters. The Kier molecular flexibility index (Phi) is 5.81. The van der Waals surface area contributed by atoms with Crippen LogP contribution in [-0.4, -0.2) is 63.0 Å². The minimum atomic E-state index is -0.503. The number of anilines is 1. The molecular formula is C15H22ClN7O2. The van der Waals surface area contributed by atoms with Gasteiger partial charge in [0.15, 0.2) is 0 Å². The molecule has 2 aromatic heterocycles. The van der Waals surface area contributed by atoms with E-state index in [2.05, 4.69) is 15.5 Å². The van der Waals surface area contributed by atoms with Crippen molar-refractivity contribution in [2.45, 2.75) is 6.04 Å². The van der Waals surface area contributed by atoms with Crippen LogP contribution in [-0.2, 0) is 23.7 Å². The fourth-order valence-corrected chi connectivity index (χ4v) is 2.89. The molecule has 2 amide bonds. The molecule has 2 aromatic rings. The molecule has 1 N–H and O–H groups in total. The predicted octanol–water partition coefficient (Wildman–Crippen LogP) is -0.289. The van der Waals surface area contributed by atoms with Gasteiger partial charge in [-0.25, -0.2) is 0 Å². The van der Waals surface area contributed by atoms with Crippen LogP contribution < -0.4 is 10.2 Å². The van der Waals surface area contributed by atoms with Gasteiger partial charge in [0.2, 0.25) is 11.8 Å². The van der Waals surface area contributed by atoms with E-state index in [1.54, 1.807) is 65.1 Å². The number of aromatic nitrogens is 4. The number of hydrogen-bond acceptors (Lipinski definition) is 5. The summed E-state index contributed by atoms with van der Waals surface area (Å²) in [6, 6.07) is -0.503. The number of carbonyl (C=O) groups is 2. The zero-order valence-electron chi connectivity index (χ0n) is 14.4. The van der Waals surface area contributed by atoms with Gasteiger partial charge in [-0.2, -0.15) is 10.2 Å². The molecule has 0 saturated carbocycles. The van der Waals surface area contributed by atoms with Gasteiger partial charge in [-0.15, -0.1) is 12.4 Å². The maximum atomic E-state index is 12.8. The zero-order valence-corrected chi connectivity index (χ0v) is 15.2. The van der Waals surface area contributed by atoms with Gasteiger partial charge in [0.05, 0.1) is 18.1 Å². The van der Waals surface area contributed by atoms with E-state index in [4.69, 9.17) is 0 Å². The van der Waals surface area contributed by atoms with E-state index < -0.39 is 6.04 Å². The Balaban J connectivity index is 0.00000225. The molecule has 0 spiro atoms. The lowest BCUT2D eigenvalue weighted by Gasteiger charge is -2.35. The highest BCUT2D eigenvalue weighted by Crippen LogP contribution is 2.19. The van der Waals surface area contributed by atoms with Crippen molar-refractivity contribution in [3.63, 3.8) is 0 Å². The molecule has 3 heterocycles. The monoisotopic (exact) mass is 367 g/mol. The molecule has 1 aliphatic heterocycles. The number of amides is 2. The minimum Gasteiger partial charge on any atom is -0.330 e. The fraction of sp³-hybridized carbons (Fsp3) is 0.467. The van der Waals surface area contributed by atoms with E-state index in [1.807, 2.05) is 0 Å². The Labute approximate surface area is 152 Å². The first-order chi connectivity index (χ1) is 11.5. The highest BCUT2D eigenvalue weighted by molar-refractivity contribution is 5.98. The number of piperazine rings is 1. The van der Waals surface area contributed by atoms with Crippen molar-refractivity contribution in [1.29, 1.82) is 0 Å². The summed E-state index contributed by atoms with van der Waals surface area (Å²) in [6.07, 6.45) is 6.91. The smallest absolute Gasteiger partial charge is 0.246 e. The van der Waals surface area contributed by atoms with Crippen LogP contribution in [0.15, 0.2) is 24.8 Å². The van der Waals surface area contributed by atoms with Gasteiger partial charge < -0.3 is 15.1 Å². The summed E-state index contributed by atoms with van der Waals surface area (Å²) in [5.41, 5.74) is 1.54. The average Bonchev–Trinajstić information content (AvgIpc) is 3.16. The molecule has 0 radical (unpaired) electrons. The molecule has 136 valence electrons. The number of hydrogen-bond donors (Lipinski definition) is 1. The van der Waals surface area contributed by atoms with E-state index in [0.717, 1.165) is 11.3 Å². The number of aryl methyl sites for hydroxylation is 2. The summed E-state index contributed by atoms with van der Waals surface area (Å²) in [7, 11) is 5.33. The van der Waals surface area contributed by atoms with Crippen LogP contribution in [0, 0.1) is 0 Å². The van der Waals surface area contributed by atoms with Crippen molar-refractivity contribution in [3.8, 4) is 0 Å². The van der Waals surface area contributed by atoms with Crippen LogP contribution in [0.3, 0.4) is 0 Å². The summed E-state index contributed by atoms with van der Waals surface area (Å²) in [5.74, 6) is -0.228. The molecule has 0 aliphatic carbocycles. The van der Waals surface area contributed by atoms with E-state index in [1.165, 1.54) is 0 Å². The third-order valence-corrected chi connectivity index (χ3v) is 4.13. The molecule has 25 heavy (non-hydrogen) atoms. The molecular weight excluding hydrogens is 346 g/mol. The van der Waals surface area contributed by atoms with E-state index in [9.17, 15) is 9.59 Å². The molecule has 1 saturated heterocycles. The SMILES string of the molecule is CNC(C(=O)N1CCN(c2cnn(C)c2)C(=O)C1)c1cnn(C)c1.Cl. The van der Waals surface area contributed by atoms with E-state index >= 15 is 0 Å². The van der Waals surface area contributed by atoms with Crippen molar-refractivity contribution < 1.29 is 9.59 Å². The fourth-order valence-electron chi connectivity index (χ4n) is 2.89. The van der Waals surface area contributed by atoms with Crippen molar-refractivity contribution in [2.75, 3.05) is 31.6 Å². The van der Waals surface area contributed by atoms with E-state index in [-0.39, 0.29) is 30.8 Å². The Morgan fingerprint density at radius 2 is 1.84 bits per heavy atom. The van der Waals surface area contributed by atoms with Gasteiger partial charge in [0, 0.05) is 45.1 Å². The number of likely N-dealkylation sites (N-methyl/N-ethyl adjacent to an activating group) is 1. The Hall–Kier alpha value is -2.39. The second kappa shape index (κ2) is 7.66. The van der Waals surface area contributed by atoms with Crippen LogP contribution in [0.25, 0.3) is 0 Å². The lowest BCUT2D eigenvalue weighted by atomic mass is 10.1. The third-order valence-electron chi connectivity index (χ3n) is 4.13. The molecule has 1 unspecified atom stereocenters. The average molecular weight is 368 g/mol. The first-order valence-electron chi connectivity index (χ1n) is 7.73. The molecule has 10 heteroatoms. The highest BCUT2D eigenvalue weighted by Gasteiger charge is 2.32. The molecule has 9 nitrogen and oxygen atoms in total. The molecule has 1 aliphatic rings. The van der Waals surface area contributed by atoms with Crippen molar-refractivity contribution >= 4 is 29.9 Å². The quantitative estimate of drug-likeness (QED) is 0.802. The largest absolute Gasteiger partial charge is 0.330 e. The summed E-state index contributed by atoms with van der Waals surface area (Å²) in [5, 5.41) is 11.2. The van der Waals surface area contributed by atoms with Crippen LogP contribution in [0.1, 0.15) is 11.6 Å². The normalized spacial score (nSPS) is 15.9. The lowest BCUT2D eigenvalue weighted by molar-refractivity contribution is -0.138. The second-order valence-electron chi connectivity index (χ2n) is 5.85. The van der Waals surface area contributed by atoms with Gasteiger partial charge in [0.25, 0.3) is 0 Å². The van der Waals surface area contributed by atoms with E-state index in [0.29, 0.717) is 13.1 Å². The summed E-state index contributed by atoms with van der Waals surface area (Å²) < 4.78 is 3.30. The maximum absolute atomic E-state index is 12.8. The lowest BCUT2D eigenvalue weighted by Crippen LogP contribution is -2.54. The third kappa shape index (κ3) is 3.83. The van der Waals surface area contributed by atoms with Crippen LogP contribution >= 0.6 is 12.4 Å². The number of halogens is 1. The summed E-state index contributed by atoms with van der Waals surface area (Å²) in [6.45, 7) is 1.00. The van der Waals surface area contributed by atoms with Crippen molar-refractivity contribution in [3.05, 3.63) is 30.4 Å². The Bertz CT molecular complexity index is 757. The van der Waals surface area contributed by atoms with Crippen LogP contribution in [0.2, 0.25) is 0 Å². The van der Waals surface area contributed by atoms with Crippen LogP contribution in [0.5, 0.6) is 0 Å². The number of nitrogens with zero attached hydrogens (tertiary/aromatic N) is 6. The second-order valence-corrected chi connectivity index (χ2v) is 5.85. The first-order valence-corrected chi connectivity index (χ1v) is 7.73. The number of nitrogens with one attached hydrogen (secondary N) is 1. The van der Waals surface area contributed by atoms with Gasteiger partial charge in [-0.05, 0) is 7.05 Å². The van der Waals surface area contributed by atoms with Crippen molar-refractivity contribution in [2.24, 2.45) is 14.1 Å². The Morgan fingerprint density at radius 3 is 2.36 bits per heavy atom. The molecule has 0 aromatic carbocycles. The van der Waals surface area contributed by atoms with Gasteiger partial charge in [-0.3, -0.25) is 19.0 Å². The highest BCUT2D eigenvalue weighted by atomic mass is 35.5. The molecule has 0 bridgehead atoms. The predicted molar refractivity (Wildman–Crippen MR) is 94.4 cm³/mol. The van der Waals surface area contributed by atoms with Gasteiger partial charge >= 0.3 is 0 Å². The summed E-state index contributed by atoms with van der Waals surface area (Å²) >= 11 is 0. The van der Waals surface area contributed by atoms with Crippen LogP contribution in [0.4, 0.5) is 5.69 Å². The first kappa shape index (κ1) is 18.9. The maximum Gasteiger partial charge on any atom is 0.246 e.